The molecule has 2 atom stereocenters. The zero-order valence-corrected chi connectivity index (χ0v) is 11.3. The molecule has 1 aromatic carbocycles. The Morgan fingerprint density at radius 1 is 1.41 bits per heavy atom. The van der Waals surface area contributed by atoms with Gasteiger partial charge >= 0.3 is 0 Å². The van der Waals surface area contributed by atoms with E-state index < -0.39 is 0 Å². The van der Waals surface area contributed by atoms with Crippen LogP contribution in [0.2, 0.25) is 5.02 Å². The Bertz CT molecular complexity index is 334. The lowest BCUT2D eigenvalue weighted by Gasteiger charge is -2.20. The first-order valence-electron chi connectivity index (χ1n) is 6.24. The van der Waals surface area contributed by atoms with Gasteiger partial charge in [0.25, 0.3) is 0 Å². The minimum atomic E-state index is -0.254. The van der Waals surface area contributed by atoms with Crippen molar-refractivity contribution in [3.05, 3.63) is 34.6 Å². The highest BCUT2D eigenvalue weighted by Crippen LogP contribution is 2.23. The van der Waals surface area contributed by atoms with Crippen LogP contribution in [0.25, 0.3) is 0 Å². The third-order valence-electron chi connectivity index (χ3n) is 3.25. The van der Waals surface area contributed by atoms with Crippen LogP contribution in [-0.2, 0) is 6.42 Å². The van der Waals surface area contributed by atoms with Gasteiger partial charge in [-0.05, 0) is 30.9 Å². The van der Waals surface area contributed by atoms with Gasteiger partial charge in [-0.25, -0.2) is 4.39 Å². The van der Waals surface area contributed by atoms with Crippen LogP contribution in [0.5, 0.6) is 0 Å². The smallest absolute Gasteiger partial charge is 0.127 e. The molecule has 1 nitrogen and oxygen atoms in total. The molecule has 0 radical (unpaired) electrons. The predicted octanol–water partition coefficient (Wildman–Crippen LogP) is 4.18. The van der Waals surface area contributed by atoms with Crippen LogP contribution in [0, 0.1) is 11.7 Å². The minimum Gasteiger partial charge on any atom is -0.327 e. The van der Waals surface area contributed by atoms with E-state index in [1.54, 1.807) is 12.1 Å². The van der Waals surface area contributed by atoms with Gasteiger partial charge in [0, 0.05) is 16.6 Å². The van der Waals surface area contributed by atoms with Gasteiger partial charge in [-0.2, -0.15) is 0 Å². The Morgan fingerprint density at radius 3 is 2.71 bits per heavy atom. The summed E-state index contributed by atoms with van der Waals surface area (Å²) in [6.07, 6.45) is 3.93. The van der Waals surface area contributed by atoms with E-state index in [0.717, 1.165) is 12.8 Å². The number of hydrogen-bond acceptors (Lipinski definition) is 1. The lowest BCUT2D eigenvalue weighted by Crippen LogP contribution is -2.31. The topological polar surface area (TPSA) is 26.0 Å². The zero-order chi connectivity index (χ0) is 12.8. The second kappa shape index (κ2) is 6.97. The quantitative estimate of drug-likeness (QED) is 0.813. The summed E-state index contributed by atoms with van der Waals surface area (Å²) in [7, 11) is 0. The Morgan fingerprint density at radius 2 is 2.12 bits per heavy atom. The number of nitrogens with two attached hydrogens (primary N) is 1. The summed E-state index contributed by atoms with van der Waals surface area (Å²) in [5.41, 5.74) is 6.65. The molecule has 0 aromatic heterocycles. The fraction of sp³-hybridized carbons (Fsp3) is 0.571. The largest absolute Gasteiger partial charge is 0.327 e. The van der Waals surface area contributed by atoms with E-state index in [0.29, 0.717) is 22.9 Å². The molecule has 2 N–H and O–H groups in total. The van der Waals surface area contributed by atoms with E-state index in [1.165, 1.54) is 12.5 Å². The van der Waals surface area contributed by atoms with Gasteiger partial charge in [-0.1, -0.05) is 44.4 Å². The minimum absolute atomic E-state index is 0.0315. The number of benzene rings is 1. The van der Waals surface area contributed by atoms with Crippen LogP contribution in [0.3, 0.4) is 0 Å². The first-order valence-corrected chi connectivity index (χ1v) is 6.62. The molecule has 1 aromatic rings. The highest BCUT2D eigenvalue weighted by molar-refractivity contribution is 6.31. The first kappa shape index (κ1) is 14.5. The van der Waals surface area contributed by atoms with Crippen molar-refractivity contribution in [2.75, 3.05) is 0 Å². The molecule has 0 aliphatic rings. The fourth-order valence-corrected chi connectivity index (χ4v) is 2.14. The third kappa shape index (κ3) is 4.29. The van der Waals surface area contributed by atoms with Crippen molar-refractivity contribution in [2.24, 2.45) is 11.7 Å². The summed E-state index contributed by atoms with van der Waals surface area (Å²) in [4.78, 5) is 0. The molecule has 0 saturated carbocycles. The SMILES string of the molecule is CCCCC(C)C(N)Cc1c(F)cccc1Cl. The second-order valence-electron chi connectivity index (χ2n) is 4.69. The van der Waals surface area contributed by atoms with E-state index in [2.05, 4.69) is 13.8 Å². The molecule has 17 heavy (non-hydrogen) atoms. The van der Waals surface area contributed by atoms with E-state index in [1.807, 2.05) is 0 Å². The second-order valence-corrected chi connectivity index (χ2v) is 5.09. The molecule has 3 heteroatoms. The van der Waals surface area contributed by atoms with Gasteiger partial charge in [0.15, 0.2) is 0 Å². The van der Waals surface area contributed by atoms with Crippen molar-refractivity contribution < 1.29 is 4.39 Å². The number of rotatable bonds is 6. The van der Waals surface area contributed by atoms with Gasteiger partial charge in [0.05, 0.1) is 0 Å². The van der Waals surface area contributed by atoms with E-state index in [4.69, 9.17) is 17.3 Å². The number of hydrogen-bond donors (Lipinski definition) is 1. The summed E-state index contributed by atoms with van der Waals surface area (Å²) in [6, 6.07) is 4.73. The van der Waals surface area contributed by atoms with Gasteiger partial charge in [-0.15, -0.1) is 0 Å². The Balaban J connectivity index is 2.64. The fourth-order valence-electron chi connectivity index (χ4n) is 1.90. The molecule has 0 aliphatic carbocycles. The normalized spacial score (nSPS) is 14.6. The van der Waals surface area contributed by atoms with Crippen LogP contribution in [0.1, 0.15) is 38.7 Å². The molecule has 2 unspecified atom stereocenters. The summed E-state index contributed by atoms with van der Waals surface area (Å²) in [5.74, 6) is 0.140. The van der Waals surface area contributed by atoms with Crippen molar-refractivity contribution >= 4 is 11.6 Å². The number of halogens is 2. The van der Waals surface area contributed by atoms with E-state index in [9.17, 15) is 4.39 Å². The van der Waals surface area contributed by atoms with Crippen molar-refractivity contribution in [3.63, 3.8) is 0 Å². The zero-order valence-electron chi connectivity index (χ0n) is 10.5. The Kier molecular flexibility index (Phi) is 5.93. The van der Waals surface area contributed by atoms with Crippen LogP contribution in [0.15, 0.2) is 18.2 Å². The van der Waals surface area contributed by atoms with Crippen LogP contribution in [0.4, 0.5) is 4.39 Å². The lowest BCUT2D eigenvalue weighted by molar-refractivity contribution is 0.406. The average Bonchev–Trinajstić information content (AvgIpc) is 2.30. The molecule has 96 valence electrons. The molecule has 0 bridgehead atoms. The van der Waals surface area contributed by atoms with Crippen LogP contribution >= 0.6 is 11.6 Å². The van der Waals surface area contributed by atoms with E-state index >= 15 is 0 Å². The van der Waals surface area contributed by atoms with Crippen LogP contribution < -0.4 is 5.73 Å². The Labute approximate surface area is 108 Å². The van der Waals surface area contributed by atoms with Crippen molar-refractivity contribution in [3.8, 4) is 0 Å². The van der Waals surface area contributed by atoms with Gasteiger partial charge < -0.3 is 5.73 Å². The molecule has 0 amide bonds. The molecule has 0 fully saturated rings. The monoisotopic (exact) mass is 257 g/mol. The predicted molar refractivity (Wildman–Crippen MR) is 71.8 cm³/mol. The van der Waals surface area contributed by atoms with Gasteiger partial charge in [-0.3, -0.25) is 0 Å². The maximum absolute atomic E-state index is 13.6. The van der Waals surface area contributed by atoms with Crippen molar-refractivity contribution in [1.29, 1.82) is 0 Å². The molecule has 0 spiro atoms. The van der Waals surface area contributed by atoms with Crippen molar-refractivity contribution in [1.82, 2.24) is 0 Å². The van der Waals surface area contributed by atoms with Crippen LogP contribution in [-0.4, -0.2) is 6.04 Å². The Hall–Kier alpha value is -0.600. The summed E-state index contributed by atoms with van der Waals surface area (Å²) in [6.45, 7) is 4.28. The summed E-state index contributed by atoms with van der Waals surface area (Å²) >= 11 is 5.99. The molecule has 0 heterocycles. The first-order chi connectivity index (χ1) is 8.06. The highest BCUT2D eigenvalue weighted by Gasteiger charge is 2.16. The molecular weight excluding hydrogens is 237 g/mol. The number of unbranched alkanes of at least 4 members (excludes halogenated alkanes) is 1. The third-order valence-corrected chi connectivity index (χ3v) is 3.60. The van der Waals surface area contributed by atoms with Gasteiger partial charge in [0.1, 0.15) is 5.82 Å². The molecule has 0 aliphatic heterocycles. The maximum Gasteiger partial charge on any atom is 0.127 e. The standard InChI is InChI=1S/C14H21ClFN/c1-3-4-6-10(2)14(17)9-11-12(15)7-5-8-13(11)16/h5,7-8,10,14H,3-4,6,9,17H2,1-2H3. The van der Waals surface area contributed by atoms with E-state index in [-0.39, 0.29) is 11.9 Å². The highest BCUT2D eigenvalue weighted by atomic mass is 35.5. The molecule has 1 rings (SSSR count). The molecule has 0 saturated heterocycles. The lowest BCUT2D eigenvalue weighted by atomic mass is 9.91. The summed E-state index contributed by atoms with van der Waals surface area (Å²) in [5, 5.41) is 0.475. The summed E-state index contributed by atoms with van der Waals surface area (Å²) < 4.78 is 13.6. The van der Waals surface area contributed by atoms with Gasteiger partial charge in [0.2, 0.25) is 0 Å². The average molecular weight is 258 g/mol. The molecular formula is C14H21ClFN. The van der Waals surface area contributed by atoms with Crippen molar-refractivity contribution in [2.45, 2.75) is 45.6 Å². The maximum atomic E-state index is 13.6.